The predicted molar refractivity (Wildman–Crippen MR) is 62.1 cm³/mol. The molecule has 2 rings (SSSR count). The van der Waals surface area contributed by atoms with Gasteiger partial charge in [-0.05, 0) is 18.2 Å². The van der Waals surface area contributed by atoms with Crippen molar-refractivity contribution in [2.45, 2.75) is 0 Å². The maximum absolute atomic E-state index is 8.79. The largest absolute Gasteiger partial charge is 0.256 e. The van der Waals surface area contributed by atoms with Crippen molar-refractivity contribution in [1.29, 1.82) is 5.26 Å². The Morgan fingerprint density at radius 1 is 1.20 bits per heavy atom. The van der Waals surface area contributed by atoms with Gasteiger partial charge >= 0.3 is 0 Å². The van der Waals surface area contributed by atoms with Gasteiger partial charge in [-0.3, -0.25) is 4.98 Å². The molecule has 0 bridgehead atoms. The van der Waals surface area contributed by atoms with Crippen molar-refractivity contribution >= 4 is 15.9 Å². The lowest BCUT2D eigenvalue weighted by molar-refractivity contribution is 1.30. The van der Waals surface area contributed by atoms with Crippen LogP contribution in [0.15, 0.2) is 47.1 Å². The highest BCUT2D eigenvalue weighted by Crippen LogP contribution is 2.26. The van der Waals surface area contributed by atoms with Gasteiger partial charge in [-0.15, -0.1) is 0 Å². The van der Waals surface area contributed by atoms with Crippen LogP contribution in [0.5, 0.6) is 0 Å². The van der Waals surface area contributed by atoms with Crippen molar-refractivity contribution in [2.24, 2.45) is 0 Å². The number of pyridine rings is 1. The van der Waals surface area contributed by atoms with E-state index in [0.29, 0.717) is 5.56 Å². The van der Waals surface area contributed by atoms with E-state index in [1.54, 1.807) is 18.3 Å². The maximum atomic E-state index is 8.79. The highest BCUT2D eigenvalue weighted by atomic mass is 79.9. The van der Waals surface area contributed by atoms with Gasteiger partial charge in [0.15, 0.2) is 0 Å². The Bertz CT molecular complexity index is 529. The Balaban J connectivity index is 2.55. The Labute approximate surface area is 96.3 Å². The summed E-state index contributed by atoms with van der Waals surface area (Å²) in [4.78, 5) is 4.24. The summed E-state index contributed by atoms with van der Waals surface area (Å²) in [5.41, 5.74) is 2.42. The van der Waals surface area contributed by atoms with Crippen LogP contribution in [-0.2, 0) is 0 Å². The van der Waals surface area contributed by atoms with Crippen LogP contribution < -0.4 is 0 Å². The Morgan fingerprint density at radius 3 is 2.73 bits per heavy atom. The number of hydrogen-bond donors (Lipinski definition) is 0. The van der Waals surface area contributed by atoms with E-state index in [9.17, 15) is 0 Å². The van der Waals surface area contributed by atoms with Crippen LogP contribution in [0.1, 0.15) is 5.56 Å². The Hall–Kier alpha value is -1.66. The lowest BCUT2D eigenvalue weighted by Gasteiger charge is -2.02. The molecule has 0 radical (unpaired) electrons. The fourth-order valence-electron chi connectivity index (χ4n) is 1.32. The monoisotopic (exact) mass is 258 g/mol. The first-order valence-electron chi connectivity index (χ1n) is 4.42. The van der Waals surface area contributed by atoms with Gasteiger partial charge in [-0.25, -0.2) is 0 Å². The number of nitriles is 1. The van der Waals surface area contributed by atoms with Crippen LogP contribution in [0.3, 0.4) is 0 Å². The van der Waals surface area contributed by atoms with Gasteiger partial charge in [0.2, 0.25) is 0 Å². The molecule has 1 heterocycles. The molecule has 15 heavy (non-hydrogen) atoms. The van der Waals surface area contributed by atoms with E-state index in [4.69, 9.17) is 5.26 Å². The molecule has 0 aliphatic heterocycles. The Morgan fingerprint density at radius 2 is 2.00 bits per heavy atom. The normalized spacial score (nSPS) is 9.60. The number of rotatable bonds is 1. The van der Waals surface area contributed by atoms with Crippen molar-refractivity contribution in [2.75, 3.05) is 0 Å². The zero-order valence-corrected chi connectivity index (χ0v) is 9.40. The molecule has 0 spiro atoms. The third kappa shape index (κ3) is 2.05. The fraction of sp³-hybridized carbons (Fsp3) is 0. The molecule has 0 saturated carbocycles. The quantitative estimate of drug-likeness (QED) is 0.787. The highest BCUT2D eigenvalue weighted by Gasteiger charge is 2.03. The molecule has 0 aliphatic rings. The van der Waals surface area contributed by atoms with Crippen molar-refractivity contribution in [1.82, 2.24) is 4.98 Å². The van der Waals surface area contributed by atoms with E-state index in [0.717, 1.165) is 15.7 Å². The summed E-state index contributed by atoms with van der Waals surface area (Å²) in [5.74, 6) is 0. The molecular formula is C12H7BrN2. The molecule has 2 nitrogen and oxygen atoms in total. The fourth-order valence-corrected chi connectivity index (χ4v) is 1.80. The van der Waals surface area contributed by atoms with Crippen LogP contribution in [0.25, 0.3) is 11.3 Å². The van der Waals surface area contributed by atoms with E-state index >= 15 is 0 Å². The zero-order chi connectivity index (χ0) is 10.7. The number of benzene rings is 1. The molecular weight excluding hydrogens is 252 g/mol. The van der Waals surface area contributed by atoms with Gasteiger partial charge in [-0.2, -0.15) is 5.26 Å². The lowest BCUT2D eigenvalue weighted by atomic mass is 10.1. The lowest BCUT2D eigenvalue weighted by Crippen LogP contribution is -1.85. The molecule has 0 aliphatic carbocycles. The topological polar surface area (TPSA) is 36.7 Å². The molecule has 0 atom stereocenters. The van der Waals surface area contributed by atoms with Gasteiger partial charge < -0.3 is 0 Å². The highest BCUT2D eigenvalue weighted by molar-refractivity contribution is 9.10. The first kappa shape index (κ1) is 9.88. The SMILES string of the molecule is N#Cc1ccnc(-c2ccccc2Br)c1. The van der Waals surface area contributed by atoms with Gasteiger partial charge in [0.25, 0.3) is 0 Å². The van der Waals surface area contributed by atoms with Gasteiger partial charge in [0.05, 0.1) is 17.3 Å². The molecule has 0 fully saturated rings. The van der Waals surface area contributed by atoms with Crippen molar-refractivity contribution < 1.29 is 0 Å². The molecule has 72 valence electrons. The second-order valence-electron chi connectivity index (χ2n) is 3.02. The molecule has 1 aromatic heterocycles. The van der Waals surface area contributed by atoms with Crippen molar-refractivity contribution in [3.63, 3.8) is 0 Å². The molecule has 0 N–H and O–H groups in total. The zero-order valence-electron chi connectivity index (χ0n) is 7.81. The molecule has 3 heteroatoms. The number of hydrogen-bond acceptors (Lipinski definition) is 2. The summed E-state index contributed by atoms with van der Waals surface area (Å²) in [6, 6.07) is 13.4. The molecule has 0 amide bonds. The molecule has 1 aromatic carbocycles. The van der Waals surface area contributed by atoms with Crippen LogP contribution in [0.2, 0.25) is 0 Å². The van der Waals surface area contributed by atoms with Crippen LogP contribution >= 0.6 is 15.9 Å². The summed E-state index contributed by atoms with van der Waals surface area (Å²) in [6.45, 7) is 0. The predicted octanol–water partition coefficient (Wildman–Crippen LogP) is 3.38. The van der Waals surface area contributed by atoms with Crippen molar-refractivity contribution in [3.8, 4) is 17.3 Å². The van der Waals surface area contributed by atoms with Crippen molar-refractivity contribution in [3.05, 3.63) is 52.6 Å². The maximum Gasteiger partial charge on any atom is 0.0992 e. The smallest absolute Gasteiger partial charge is 0.0992 e. The minimum absolute atomic E-state index is 0.621. The number of halogens is 1. The summed E-state index contributed by atoms with van der Waals surface area (Å²) in [7, 11) is 0. The second-order valence-corrected chi connectivity index (χ2v) is 3.88. The first-order chi connectivity index (χ1) is 7.31. The summed E-state index contributed by atoms with van der Waals surface area (Å²) >= 11 is 3.46. The first-order valence-corrected chi connectivity index (χ1v) is 5.21. The minimum atomic E-state index is 0.621. The molecule has 2 aromatic rings. The van der Waals surface area contributed by atoms with Gasteiger partial charge in [-0.1, -0.05) is 34.1 Å². The average Bonchev–Trinajstić information content (AvgIpc) is 2.30. The van der Waals surface area contributed by atoms with Gasteiger partial charge in [0.1, 0.15) is 0 Å². The third-order valence-electron chi connectivity index (χ3n) is 2.04. The number of aromatic nitrogens is 1. The van der Waals surface area contributed by atoms with E-state index in [1.165, 1.54) is 0 Å². The van der Waals surface area contributed by atoms with Crippen LogP contribution in [0, 0.1) is 11.3 Å². The number of nitrogens with zero attached hydrogens (tertiary/aromatic N) is 2. The van der Waals surface area contributed by atoms with Gasteiger partial charge in [0, 0.05) is 16.2 Å². The minimum Gasteiger partial charge on any atom is -0.256 e. The second kappa shape index (κ2) is 4.24. The third-order valence-corrected chi connectivity index (χ3v) is 2.73. The standard InChI is InChI=1S/C12H7BrN2/c13-11-4-2-1-3-10(11)12-7-9(8-14)5-6-15-12/h1-7H. The molecule has 0 saturated heterocycles. The molecule has 0 unspecified atom stereocenters. The van der Waals surface area contributed by atoms with Crippen LogP contribution in [-0.4, -0.2) is 4.98 Å². The summed E-state index contributed by atoms with van der Waals surface area (Å²) in [6.07, 6.45) is 1.65. The summed E-state index contributed by atoms with van der Waals surface area (Å²) in [5, 5.41) is 8.79. The van der Waals surface area contributed by atoms with E-state index in [1.807, 2.05) is 24.3 Å². The van der Waals surface area contributed by atoms with E-state index < -0.39 is 0 Å². The van der Waals surface area contributed by atoms with E-state index in [2.05, 4.69) is 27.0 Å². The average molecular weight is 259 g/mol. The van der Waals surface area contributed by atoms with Crippen LogP contribution in [0.4, 0.5) is 0 Å². The Kier molecular flexibility index (Phi) is 2.79. The van der Waals surface area contributed by atoms with E-state index in [-0.39, 0.29) is 0 Å². The summed E-state index contributed by atoms with van der Waals surface area (Å²) < 4.78 is 0.979.